The van der Waals surface area contributed by atoms with E-state index in [9.17, 15) is 4.79 Å². The maximum absolute atomic E-state index is 12.3. The summed E-state index contributed by atoms with van der Waals surface area (Å²) in [6.45, 7) is 0.980. The fraction of sp³-hybridized carbons (Fsp3) is 0.444. The molecule has 0 saturated carbocycles. The minimum Gasteiger partial charge on any atom is -0.492 e. The number of rotatable bonds is 5. The molecule has 0 aliphatic heterocycles. The fourth-order valence-corrected chi connectivity index (χ4v) is 3.73. The molecule has 0 radical (unpaired) electrons. The molecule has 0 unspecified atom stereocenters. The highest BCUT2D eigenvalue weighted by Crippen LogP contribution is 2.28. The first-order valence-electron chi connectivity index (χ1n) is 8.41. The largest absolute Gasteiger partial charge is 0.492 e. The van der Waals surface area contributed by atoms with Crippen LogP contribution >= 0.6 is 11.3 Å². The van der Waals surface area contributed by atoms with Gasteiger partial charge in [-0.15, -0.1) is 11.3 Å². The second kappa shape index (κ2) is 8.15. The Hall–Kier alpha value is -2.08. The highest BCUT2D eigenvalue weighted by atomic mass is 32.1. The number of amides is 2. The predicted octanol–water partition coefficient (Wildman–Crippen LogP) is 3.95. The van der Waals surface area contributed by atoms with Crippen molar-refractivity contribution in [3.63, 3.8) is 0 Å². The van der Waals surface area contributed by atoms with Crippen LogP contribution in [0.5, 0.6) is 5.75 Å². The Kier molecular flexibility index (Phi) is 5.69. The molecule has 1 aliphatic rings. The van der Waals surface area contributed by atoms with E-state index >= 15 is 0 Å². The Labute approximate surface area is 146 Å². The second-order valence-corrected chi connectivity index (χ2v) is 7.05. The first-order chi connectivity index (χ1) is 11.7. The molecule has 5 nitrogen and oxygen atoms in total. The molecule has 3 rings (SSSR count). The number of urea groups is 1. The van der Waals surface area contributed by atoms with Gasteiger partial charge in [0.15, 0.2) is 5.13 Å². The van der Waals surface area contributed by atoms with Crippen LogP contribution in [-0.4, -0.2) is 36.1 Å². The lowest BCUT2D eigenvalue weighted by Crippen LogP contribution is -2.34. The Bertz CT molecular complexity index is 649. The van der Waals surface area contributed by atoms with Crippen LogP contribution in [0.3, 0.4) is 0 Å². The topological polar surface area (TPSA) is 54.5 Å². The number of ether oxygens (including phenoxy) is 1. The van der Waals surface area contributed by atoms with Crippen molar-refractivity contribution in [3.05, 3.63) is 40.9 Å². The summed E-state index contributed by atoms with van der Waals surface area (Å²) in [4.78, 5) is 19.8. The molecule has 0 saturated heterocycles. The van der Waals surface area contributed by atoms with Crippen molar-refractivity contribution in [2.45, 2.75) is 32.1 Å². The molecule has 1 aliphatic carbocycles. The molecule has 0 atom stereocenters. The average molecular weight is 345 g/mol. The maximum atomic E-state index is 12.3. The first kappa shape index (κ1) is 16.8. The number of likely N-dealkylation sites (N-methyl/N-ethyl adjacent to an activating group) is 1. The van der Waals surface area contributed by atoms with Crippen LogP contribution < -0.4 is 10.1 Å². The van der Waals surface area contributed by atoms with Gasteiger partial charge in [0.2, 0.25) is 0 Å². The van der Waals surface area contributed by atoms with Crippen molar-refractivity contribution >= 4 is 22.5 Å². The quantitative estimate of drug-likeness (QED) is 0.835. The smallest absolute Gasteiger partial charge is 0.323 e. The molecule has 0 bridgehead atoms. The molecule has 0 spiro atoms. The van der Waals surface area contributed by atoms with Crippen LogP contribution in [0.15, 0.2) is 30.3 Å². The van der Waals surface area contributed by atoms with Gasteiger partial charge in [-0.1, -0.05) is 24.6 Å². The number of hydrogen-bond acceptors (Lipinski definition) is 4. The van der Waals surface area contributed by atoms with Gasteiger partial charge in [-0.05, 0) is 37.8 Å². The van der Waals surface area contributed by atoms with Crippen molar-refractivity contribution < 1.29 is 9.53 Å². The van der Waals surface area contributed by atoms with Crippen LogP contribution in [-0.2, 0) is 12.8 Å². The Morgan fingerprint density at radius 2 is 2.04 bits per heavy atom. The summed E-state index contributed by atoms with van der Waals surface area (Å²) in [5.41, 5.74) is 1.17. The van der Waals surface area contributed by atoms with Gasteiger partial charge < -0.3 is 9.64 Å². The van der Waals surface area contributed by atoms with Crippen molar-refractivity contribution in [2.75, 3.05) is 25.5 Å². The van der Waals surface area contributed by atoms with Gasteiger partial charge in [0, 0.05) is 11.9 Å². The maximum Gasteiger partial charge on any atom is 0.323 e. The third-order valence-corrected chi connectivity index (χ3v) is 5.17. The highest BCUT2D eigenvalue weighted by molar-refractivity contribution is 7.15. The molecule has 6 heteroatoms. The van der Waals surface area contributed by atoms with Gasteiger partial charge in [0.05, 0.1) is 12.2 Å². The van der Waals surface area contributed by atoms with E-state index in [0.29, 0.717) is 18.3 Å². The Balaban J connectivity index is 1.47. The summed E-state index contributed by atoms with van der Waals surface area (Å²) in [6.07, 6.45) is 5.81. The second-order valence-electron chi connectivity index (χ2n) is 5.96. The zero-order chi connectivity index (χ0) is 16.8. The Morgan fingerprint density at radius 3 is 2.88 bits per heavy atom. The lowest BCUT2D eigenvalue weighted by Gasteiger charge is -2.17. The third-order valence-electron chi connectivity index (χ3n) is 4.09. The number of carbonyl (C=O) groups excluding carboxylic acids is 1. The fourth-order valence-electron chi connectivity index (χ4n) is 2.69. The lowest BCUT2D eigenvalue weighted by atomic mass is 10.2. The number of hydrogen-bond donors (Lipinski definition) is 1. The van der Waals surface area contributed by atoms with E-state index < -0.39 is 0 Å². The van der Waals surface area contributed by atoms with E-state index in [2.05, 4.69) is 10.3 Å². The number of carbonyl (C=O) groups is 1. The molecule has 1 aromatic carbocycles. The normalized spacial score (nSPS) is 13.7. The van der Waals surface area contributed by atoms with Crippen LogP contribution in [0.1, 0.15) is 29.8 Å². The van der Waals surface area contributed by atoms with Gasteiger partial charge in [-0.2, -0.15) is 0 Å². The van der Waals surface area contributed by atoms with Crippen molar-refractivity contribution in [3.8, 4) is 5.75 Å². The standard InChI is InChI=1S/C18H23N3O2S/c1-21(12-13-23-14-8-4-2-5-9-14)18(22)20-17-19-15-10-6-3-7-11-16(15)24-17/h2,4-5,8-9H,3,6-7,10-13H2,1H3,(H,19,20,22). The van der Waals surface area contributed by atoms with Gasteiger partial charge in [0.25, 0.3) is 0 Å². The van der Waals surface area contributed by atoms with Crippen LogP contribution in [0.2, 0.25) is 0 Å². The number of nitrogens with zero attached hydrogens (tertiary/aromatic N) is 2. The molecule has 1 aromatic heterocycles. The van der Waals surface area contributed by atoms with Crippen molar-refractivity contribution in [2.24, 2.45) is 0 Å². The third kappa shape index (κ3) is 4.47. The molecule has 1 N–H and O–H groups in total. The zero-order valence-electron chi connectivity index (χ0n) is 14.0. The van der Waals surface area contributed by atoms with Gasteiger partial charge in [-0.3, -0.25) is 5.32 Å². The summed E-state index contributed by atoms with van der Waals surface area (Å²) in [6, 6.07) is 9.47. The van der Waals surface area contributed by atoms with E-state index in [-0.39, 0.29) is 6.03 Å². The number of aromatic nitrogens is 1. The van der Waals surface area contributed by atoms with Crippen molar-refractivity contribution in [1.82, 2.24) is 9.88 Å². The SMILES string of the molecule is CN(CCOc1ccccc1)C(=O)Nc1nc2c(s1)CCCCC2. The summed E-state index contributed by atoms with van der Waals surface area (Å²) < 4.78 is 5.62. The summed E-state index contributed by atoms with van der Waals surface area (Å²) >= 11 is 1.61. The monoisotopic (exact) mass is 345 g/mol. The number of aryl methyl sites for hydroxylation is 2. The average Bonchev–Trinajstić information content (AvgIpc) is 2.84. The highest BCUT2D eigenvalue weighted by Gasteiger charge is 2.16. The predicted molar refractivity (Wildman–Crippen MR) is 97.0 cm³/mol. The van der Waals surface area contributed by atoms with E-state index in [4.69, 9.17) is 4.74 Å². The zero-order valence-corrected chi connectivity index (χ0v) is 14.8. The van der Waals surface area contributed by atoms with E-state index in [0.717, 1.165) is 18.6 Å². The number of anilines is 1. The lowest BCUT2D eigenvalue weighted by molar-refractivity contribution is 0.207. The number of fused-ring (bicyclic) bond motifs is 1. The minimum absolute atomic E-state index is 0.143. The van der Waals surface area contributed by atoms with E-state index in [1.165, 1.54) is 29.8 Å². The molecule has 128 valence electrons. The summed E-state index contributed by atoms with van der Waals surface area (Å²) in [7, 11) is 1.77. The molecular weight excluding hydrogens is 322 g/mol. The molecule has 2 amide bonds. The molecule has 24 heavy (non-hydrogen) atoms. The van der Waals surface area contributed by atoms with Gasteiger partial charge in [0.1, 0.15) is 12.4 Å². The molecule has 2 aromatic rings. The Morgan fingerprint density at radius 1 is 1.25 bits per heavy atom. The van der Waals surface area contributed by atoms with Crippen LogP contribution in [0, 0.1) is 0 Å². The van der Waals surface area contributed by atoms with Gasteiger partial charge in [-0.25, -0.2) is 9.78 Å². The molecular formula is C18H23N3O2S. The van der Waals surface area contributed by atoms with Gasteiger partial charge >= 0.3 is 6.03 Å². The van der Waals surface area contributed by atoms with E-state index in [1.807, 2.05) is 30.3 Å². The first-order valence-corrected chi connectivity index (χ1v) is 9.22. The van der Waals surface area contributed by atoms with Crippen LogP contribution in [0.25, 0.3) is 0 Å². The number of thiazole rings is 1. The molecule has 0 fully saturated rings. The number of nitrogens with one attached hydrogen (secondary N) is 1. The van der Waals surface area contributed by atoms with Crippen molar-refractivity contribution in [1.29, 1.82) is 0 Å². The number of para-hydroxylation sites is 1. The van der Waals surface area contributed by atoms with Crippen LogP contribution in [0.4, 0.5) is 9.93 Å². The summed E-state index contributed by atoms with van der Waals surface area (Å²) in [5, 5.41) is 3.62. The van der Waals surface area contributed by atoms with E-state index in [1.54, 1.807) is 23.3 Å². The summed E-state index contributed by atoms with van der Waals surface area (Å²) in [5.74, 6) is 0.815. The molecule has 1 heterocycles. The number of benzene rings is 1. The minimum atomic E-state index is -0.143.